The first-order valence-electron chi connectivity index (χ1n) is 5.55. The van der Waals surface area contributed by atoms with E-state index >= 15 is 0 Å². The summed E-state index contributed by atoms with van der Waals surface area (Å²) in [5.74, 6) is -2.01. The molecule has 0 unspecified atom stereocenters. The summed E-state index contributed by atoms with van der Waals surface area (Å²) in [6.45, 7) is 0. The van der Waals surface area contributed by atoms with Crippen molar-refractivity contribution in [1.82, 2.24) is 0 Å². The molecule has 0 spiro atoms. The van der Waals surface area contributed by atoms with Crippen LogP contribution in [-0.4, -0.2) is 27.3 Å². The van der Waals surface area contributed by atoms with E-state index in [1.54, 1.807) is 0 Å². The molecule has 0 amide bonds. The van der Waals surface area contributed by atoms with Gasteiger partial charge in [0.25, 0.3) is 0 Å². The third kappa shape index (κ3) is 2.86. The number of carboxylic acids is 2. The second-order valence-corrected chi connectivity index (χ2v) is 3.91. The second kappa shape index (κ2) is 5.31. The Morgan fingerprint density at radius 3 is 1.90 bits per heavy atom. The van der Waals surface area contributed by atoms with Crippen LogP contribution in [0.4, 0.5) is 0 Å². The highest BCUT2D eigenvalue weighted by molar-refractivity contribution is 6.02. The first-order chi connectivity index (χ1) is 9.47. The fraction of sp³-hybridized carbons (Fsp3) is 0. The summed E-state index contributed by atoms with van der Waals surface area (Å²) in [4.78, 5) is 21.9. The lowest BCUT2D eigenvalue weighted by molar-refractivity contribution is 0.0651. The molecule has 0 aliphatic rings. The molecule has 0 saturated heterocycles. The van der Waals surface area contributed by atoms with Crippen LogP contribution in [0.3, 0.4) is 0 Å². The van der Waals surface area contributed by atoms with Crippen LogP contribution in [0.5, 0.6) is 17.2 Å². The lowest BCUT2D eigenvalue weighted by Gasteiger charge is -2.08. The topological polar surface area (TPSA) is 104 Å². The summed E-state index contributed by atoms with van der Waals surface area (Å²) in [5.41, 5.74) is -0.663. The van der Waals surface area contributed by atoms with Gasteiger partial charge in [0.1, 0.15) is 17.2 Å². The number of phenols is 1. The van der Waals surface area contributed by atoms with E-state index in [4.69, 9.17) is 20.1 Å². The van der Waals surface area contributed by atoms with Gasteiger partial charge in [0.2, 0.25) is 0 Å². The van der Waals surface area contributed by atoms with Crippen molar-refractivity contribution >= 4 is 11.9 Å². The number of carboxylic acid groups (broad SMARTS) is 2. The number of aromatic hydroxyl groups is 1. The number of ether oxygens (including phenoxy) is 1. The summed E-state index contributed by atoms with van der Waals surface area (Å²) in [5, 5.41) is 27.0. The van der Waals surface area contributed by atoms with Gasteiger partial charge in [-0.1, -0.05) is 0 Å². The van der Waals surface area contributed by atoms with E-state index in [1.165, 1.54) is 36.4 Å². The maximum Gasteiger partial charge on any atom is 0.336 e. The largest absolute Gasteiger partial charge is 0.508 e. The molecule has 102 valence electrons. The van der Waals surface area contributed by atoms with Crippen molar-refractivity contribution in [2.24, 2.45) is 0 Å². The lowest BCUT2D eigenvalue weighted by atomic mass is 10.1. The molecule has 2 aromatic rings. The molecule has 0 bridgehead atoms. The van der Waals surface area contributed by atoms with Gasteiger partial charge in [-0.15, -0.1) is 0 Å². The molecule has 0 radical (unpaired) electrons. The minimum absolute atomic E-state index is 0.0739. The highest BCUT2D eigenvalue weighted by atomic mass is 16.5. The van der Waals surface area contributed by atoms with Crippen LogP contribution in [0.2, 0.25) is 0 Å². The Kier molecular flexibility index (Phi) is 3.56. The van der Waals surface area contributed by atoms with Crippen molar-refractivity contribution in [3.63, 3.8) is 0 Å². The Bertz CT molecular complexity index is 660. The van der Waals surface area contributed by atoms with Gasteiger partial charge in [-0.2, -0.15) is 0 Å². The summed E-state index contributed by atoms with van der Waals surface area (Å²) in [6.07, 6.45) is 0. The maximum absolute atomic E-state index is 11.0. The van der Waals surface area contributed by atoms with Crippen LogP contribution >= 0.6 is 0 Å². The Labute approximate surface area is 113 Å². The van der Waals surface area contributed by atoms with E-state index < -0.39 is 11.9 Å². The van der Waals surface area contributed by atoms with Gasteiger partial charge in [-0.25, -0.2) is 9.59 Å². The molecule has 0 aliphatic carbocycles. The zero-order valence-electron chi connectivity index (χ0n) is 10.1. The van der Waals surface area contributed by atoms with E-state index in [9.17, 15) is 9.59 Å². The van der Waals surface area contributed by atoms with Crippen molar-refractivity contribution in [1.29, 1.82) is 0 Å². The molecule has 0 saturated carbocycles. The number of hydrogen-bond donors (Lipinski definition) is 3. The molecule has 2 aromatic carbocycles. The van der Waals surface area contributed by atoms with Gasteiger partial charge in [0.05, 0.1) is 11.1 Å². The van der Waals surface area contributed by atoms with E-state index in [2.05, 4.69) is 0 Å². The van der Waals surface area contributed by atoms with Crippen molar-refractivity contribution in [3.05, 3.63) is 53.6 Å². The predicted octanol–water partition coefficient (Wildman–Crippen LogP) is 2.58. The van der Waals surface area contributed by atoms with Crippen molar-refractivity contribution in [2.45, 2.75) is 0 Å². The van der Waals surface area contributed by atoms with Crippen LogP contribution in [0.1, 0.15) is 20.7 Å². The smallest absolute Gasteiger partial charge is 0.336 e. The number of benzene rings is 2. The van der Waals surface area contributed by atoms with E-state index in [0.717, 1.165) is 6.07 Å². The molecular weight excluding hydrogens is 264 g/mol. The number of phenolic OH excluding ortho intramolecular Hbond substituents is 1. The maximum atomic E-state index is 11.0. The normalized spacial score (nSPS) is 10.0. The van der Waals surface area contributed by atoms with Crippen LogP contribution in [0, 0.1) is 0 Å². The molecule has 0 fully saturated rings. The first kappa shape index (κ1) is 13.4. The molecule has 2 rings (SSSR count). The Morgan fingerprint density at radius 2 is 1.35 bits per heavy atom. The lowest BCUT2D eigenvalue weighted by Crippen LogP contribution is -2.07. The zero-order valence-corrected chi connectivity index (χ0v) is 10.1. The predicted molar refractivity (Wildman–Crippen MR) is 68.5 cm³/mol. The van der Waals surface area contributed by atoms with Crippen molar-refractivity contribution in [2.75, 3.05) is 0 Å². The highest BCUT2D eigenvalue weighted by Gasteiger charge is 2.16. The zero-order chi connectivity index (χ0) is 14.7. The van der Waals surface area contributed by atoms with Crippen LogP contribution in [0.25, 0.3) is 0 Å². The summed E-state index contributed by atoms with van der Waals surface area (Å²) in [6, 6.07) is 9.50. The average molecular weight is 274 g/mol. The number of carbonyl (C=O) groups is 2. The standard InChI is InChI=1S/C14H10O6/c15-8-1-3-9(4-2-8)20-10-5-6-11(13(16)17)12(7-10)14(18)19/h1-7,15H,(H,16,17)(H,18,19). The molecule has 6 nitrogen and oxygen atoms in total. The van der Waals surface area contributed by atoms with Crippen molar-refractivity contribution < 1.29 is 29.6 Å². The number of aromatic carboxylic acids is 2. The monoisotopic (exact) mass is 274 g/mol. The summed E-state index contributed by atoms with van der Waals surface area (Å²) >= 11 is 0. The highest BCUT2D eigenvalue weighted by Crippen LogP contribution is 2.25. The van der Waals surface area contributed by atoms with Gasteiger partial charge in [-0.05, 0) is 42.5 Å². The molecule has 0 atom stereocenters. The van der Waals surface area contributed by atoms with E-state index in [1.807, 2.05) is 0 Å². The van der Waals surface area contributed by atoms with Gasteiger partial charge in [-0.3, -0.25) is 0 Å². The average Bonchev–Trinajstić information content (AvgIpc) is 2.41. The summed E-state index contributed by atoms with van der Waals surface area (Å²) < 4.78 is 5.39. The third-order valence-electron chi connectivity index (χ3n) is 2.52. The molecule has 20 heavy (non-hydrogen) atoms. The number of rotatable bonds is 4. The van der Waals surface area contributed by atoms with Crippen LogP contribution < -0.4 is 4.74 Å². The van der Waals surface area contributed by atoms with Crippen LogP contribution in [0.15, 0.2) is 42.5 Å². The molecule has 6 heteroatoms. The number of hydrogen-bond acceptors (Lipinski definition) is 4. The molecule has 0 aromatic heterocycles. The molecule has 0 heterocycles. The first-order valence-corrected chi connectivity index (χ1v) is 5.55. The Hall–Kier alpha value is -3.02. The fourth-order valence-electron chi connectivity index (χ4n) is 1.60. The second-order valence-electron chi connectivity index (χ2n) is 3.91. The molecule has 3 N–H and O–H groups in total. The van der Waals surface area contributed by atoms with Crippen molar-refractivity contribution in [3.8, 4) is 17.2 Å². The summed E-state index contributed by atoms with van der Waals surface area (Å²) in [7, 11) is 0. The molecule has 0 aliphatic heterocycles. The van der Waals surface area contributed by atoms with E-state index in [0.29, 0.717) is 5.75 Å². The Balaban J connectivity index is 2.34. The van der Waals surface area contributed by atoms with Gasteiger partial charge in [0, 0.05) is 0 Å². The van der Waals surface area contributed by atoms with Gasteiger partial charge < -0.3 is 20.1 Å². The minimum atomic E-state index is -1.35. The molecular formula is C14H10O6. The fourth-order valence-corrected chi connectivity index (χ4v) is 1.60. The van der Waals surface area contributed by atoms with E-state index in [-0.39, 0.29) is 22.6 Å². The third-order valence-corrected chi connectivity index (χ3v) is 2.52. The van der Waals surface area contributed by atoms with Crippen LogP contribution in [-0.2, 0) is 0 Å². The quantitative estimate of drug-likeness (QED) is 0.791. The minimum Gasteiger partial charge on any atom is -0.508 e. The SMILES string of the molecule is O=C(O)c1ccc(Oc2ccc(O)cc2)cc1C(=O)O. The van der Waals surface area contributed by atoms with Gasteiger partial charge >= 0.3 is 11.9 Å². The Morgan fingerprint density at radius 1 is 0.800 bits per heavy atom. The van der Waals surface area contributed by atoms with Gasteiger partial charge in [0.15, 0.2) is 0 Å².